The van der Waals surface area contributed by atoms with Crippen LogP contribution < -0.4 is 15.5 Å². The van der Waals surface area contributed by atoms with Crippen LogP contribution in [0.1, 0.15) is 5.56 Å². The van der Waals surface area contributed by atoms with E-state index in [4.69, 9.17) is 11.6 Å². The summed E-state index contributed by atoms with van der Waals surface area (Å²) in [5, 5.41) is 5.88. The predicted molar refractivity (Wildman–Crippen MR) is 101 cm³/mol. The third-order valence-corrected chi connectivity index (χ3v) is 4.22. The van der Waals surface area contributed by atoms with Gasteiger partial charge in [-0.1, -0.05) is 29.8 Å². The van der Waals surface area contributed by atoms with Gasteiger partial charge in [0.1, 0.15) is 5.82 Å². The highest BCUT2D eigenvalue weighted by atomic mass is 35.5. The molecule has 0 aromatic heterocycles. The largest absolute Gasteiger partial charge is 0.359 e. The number of piperazine rings is 1. The van der Waals surface area contributed by atoms with Gasteiger partial charge in [0.2, 0.25) is 11.8 Å². The summed E-state index contributed by atoms with van der Waals surface area (Å²) in [6.45, 7) is 1.48. The van der Waals surface area contributed by atoms with Gasteiger partial charge in [-0.05, 0) is 30.3 Å². The Kier molecular flexibility index (Phi) is 5.53. The van der Waals surface area contributed by atoms with Gasteiger partial charge in [0.15, 0.2) is 0 Å². The molecule has 7 heteroatoms. The third-order valence-electron chi connectivity index (χ3n) is 3.91. The van der Waals surface area contributed by atoms with E-state index in [0.29, 0.717) is 29.4 Å². The maximum absolute atomic E-state index is 13.5. The Bertz CT molecular complexity index is 870. The minimum absolute atomic E-state index is 0.0528. The highest BCUT2D eigenvalue weighted by Crippen LogP contribution is 2.29. The molecule has 1 heterocycles. The monoisotopic (exact) mass is 373 g/mol. The molecule has 2 N–H and O–H groups in total. The van der Waals surface area contributed by atoms with Gasteiger partial charge in [-0.2, -0.15) is 0 Å². The van der Waals surface area contributed by atoms with Crippen molar-refractivity contribution in [2.24, 2.45) is 0 Å². The summed E-state index contributed by atoms with van der Waals surface area (Å²) in [5.74, 6) is -0.841. The van der Waals surface area contributed by atoms with E-state index in [1.807, 2.05) is 4.90 Å². The molecule has 0 radical (unpaired) electrons. The first-order valence-corrected chi connectivity index (χ1v) is 8.45. The average Bonchev–Trinajstić information content (AvgIpc) is 2.61. The summed E-state index contributed by atoms with van der Waals surface area (Å²) in [6.07, 6.45) is 2.67. The zero-order chi connectivity index (χ0) is 18.5. The standard InChI is InChI=1S/C19H17ClFN3O2/c20-15-11-14(6-7-17(15)24-10-9-22-19(26)12-24)23-18(25)8-5-13-3-1-2-4-16(13)21/h1-8,11H,9-10,12H2,(H,22,26)(H,23,25). The number of anilines is 2. The molecule has 0 atom stereocenters. The van der Waals surface area contributed by atoms with Crippen LogP contribution in [0.4, 0.5) is 15.8 Å². The molecule has 1 aliphatic rings. The van der Waals surface area contributed by atoms with Crippen LogP contribution in [0.2, 0.25) is 5.02 Å². The molecule has 0 aliphatic carbocycles. The average molecular weight is 374 g/mol. The van der Waals surface area contributed by atoms with E-state index in [2.05, 4.69) is 10.6 Å². The molecular formula is C19H17ClFN3O2. The SMILES string of the molecule is O=C(C=Cc1ccccc1F)Nc1ccc(N2CCNC(=O)C2)c(Cl)c1. The summed E-state index contributed by atoms with van der Waals surface area (Å²) >= 11 is 6.30. The summed E-state index contributed by atoms with van der Waals surface area (Å²) in [6, 6.07) is 11.3. The Morgan fingerprint density at radius 2 is 2.08 bits per heavy atom. The Hall–Kier alpha value is -2.86. The Labute approximate surface area is 155 Å². The maximum Gasteiger partial charge on any atom is 0.248 e. The zero-order valence-corrected chi connectivity index (χ0v) is 14.6. The molecule has 0 bridgehead atoms. The first kappa shape index (κ1) is 17.9. The van der Waals surface area contributed by atoms with E-state index in [-0.39, 0.29) is 12.5 Å². The van der Waals surface area contributed by atoms with Crippen LogP contribution in [0.3, 0.4) is 0 Å². The molecule has 3 rings (SSSR count). The molecule has 0 saturated carbocycles. The molecule has 1 fully saturated rings. The van der Waals surface area contributed by atoms with Gasteiger partial charge in [-0.15, -0.1) is 0 Å². The summed E-state index contributed by atoms with van der Waals surface area (Å²) in [7, 11) is 0. The van der Waals surface area contributed by atoms with Crippen LogP contribution >= 0.6 is 11.6 Å². The number of halogens is 2. The van der Waals surface area contributed by atoms with Crippen molar-refractivity contribution in [3.63, 3.8) is 0 Å². The molecule has 1 saturated heterocycles. The van der Waals surface area contributed by atoms with Gasteiger partial charge in [-0.25, -0.2) is 4.39 Å². The smallest absolute Gasteiger partial charge is 0.248 e. The Morgan fingerprint density at radius 3 is 2.81 bits per heavy atom. The predicted octanol–water partition coefficient (Wildman–Crippen LogP) is 3.07. The number of benzene rings is 2. The van der Waals surface area contributed by atoms with E-state index >= 15 is 0 Å². The summed E-state index contributed by atoms with van der Waals surface area (Å²) in [4.78, 5) is 25.4. The second kappa shape index (κ2) is 8.01. The van der Waals surface area contributed by atoms with Crippen molar-refractivity contribution in [2.45, 2.75) is 0 Å². The normalized spacial score (nSPS) is 14.4. The lowest BCUT2D eigenvalue weighted by Crippen LogP contribution is -2.47. The van der Waals surface area contributed by atoms with E-state index < -0.39 is 11.7 Å². The van der Waals surface area contributed by atoms with Gasteiger partial charge in [0, 0.05) is 30.4 Å². The maximum atomic E-state index is 13.5. The number of hydrogen-bond donors (Lipinski definition) is 2. The molecule has 2 amide bonds. The second-order valence-electron chi connectivity index (χ2n) is 5.78. The van der Waals surface area contributed by atoms with Gasteiger partial charge < -0.3 is 15.5 Å². The second-order valence-corrected chi connectivity index (χ2v) is 6.19. The first-order chi connectivity index (χ1) is 12.5. The molecule has 2 aromatic rings. The van der Waals surface area contributed by atoms with E-state index in [9.17, 15) is 14.0 Å². The minimum Gasteiger partial charge on any atom is -0.359 e. The number of carbonyl (C=O) groups is 2. The van der Waals surface area contributed by atoms with Gasteiger partial charge >= 0.3 is 0 Å². The van der Waals surface area contributed by atoms with Crippen LogP contribution in [-0.2, 0) is 9.59 Å². The van der Waals surface area contributed by atoms with Crippen molar-refractivity contribution in [2.75, 3.05) is 29.9 Å². The highest BCUT2D eigenvalue weighted by molar-refractivity contribution is 6.33. The molecule has 0 spiro atoms. The molecule has 134 valence electrons. The fourth-order valence-corrected chi connectivity index (χ4v) is 2.95. The van der Waals surface area contributed by atoms with Crippen LogP contribution in [0, 0.1) is 5.82 Å². The minimum atomic E-state index is -0.394. The van der Waals surface area contributed by atoms with Gasteiger partial charge in [-0.3, -0.25) is 9.59 Å². The van der Waals surface area contributed by atoms with Crippen molar-refractivity contribution in [3.05, 3.63) is 64.9 Å². The lowest BCUT2D eigenvalue weighted by molar-refractivity contribution is -0.120. The number of amides is 2. The van der Waals surface area contributed by atoms with E-state index in [1.165, 1.54) is 18.2 Å². The van der Waals surface area contributed by atoms with Crippen LogP contribution in [0.25, 0.3) is 6.08 Å². The van der Waals surface area contributed by atoms with Crippen LogP contribution in [0.15, 0.2) is 48.5 Å². The van der Waals surface area contributed by atoms with Crippen molar-refractivity contribution in [1.82, 2.24) is 5.32 Å². The van der Waals surface area contributed by atoms with Crippen molar-refractivity contribution < 1.29 is 14.0 Å². The summed E-state index contributed by atoms with van der Waals surface area (Å²) < 4.78 is 13.5. The number of nitrogens with zero attached hydrogens (tertiary/aromatic N) is 1. The van der Waals surface area contributed by atoms with E-state index in [1.54, 1.807) is 36.4 Å². The molecule has 26 heavy (non-hydrogen) atoms. The quantitative estimate of drug-likeness (QED) is 0.810. The van der Waals surface area contributed by atoms with Crippen molar-refractivity contribution >= 4 is 40.9 Å². The number of rotatable bonds is 4. The lowest BCUT2D eigenvalue weighted by atomic mass is 10.2. The molecule has 2 aromatic carbocycles. The van der Waals surface area contributed by atoms with Crippen LogP contribution in [-0.4, -0.2) is 31.4 Å². The topological polar surface area (TPSA) is 61.4 Å². The molecular weight excluding hydrogens is 357 g/mol. The first-order valence-electron chi connectivity index (χ1n) is 8.08. The van der Waals surface area contributed by atoms with Gasteiger partial charge in [0.05, 0.1) is 17.3 Å². The Balaban J connectivity index is 1.66. The lowest BCUT2D eigenvalue weighted by Gasteiger charge is -2.29. The number of carbonyl (C=O) groups excluding carboxylic acids is 2. The molecule has 1 aliphatic heterocycles. The number of nitrogens with one attached hydrogen (secondary N) is 2. The number of hydrogen-bond acceptors (Lipinski definition) is 3. The zero-order valence-electron chi connectivity index (χ0n) is 13.8. The summed E-state index contributed by atoms with van der Waals surface area (Å²) in [5.41, 5.74) is 1.59. The van der Waals surface area contributed by atoms with E-state index in [0.717, 1.165) is 5.69 Å². The van der Waals surface area contributed by atoms with Gasteiger partial charge in [0.25, 0.3) is 0 Å². The molecule has 0 unspecified atom stereocenters. The Morgan fingerprint density at radius 1 is 1.27 bits per heavy atom. The van der Waals surface area contributed by atoms with Crippen molar-refractivity contribution in [3.8, 4) is 0 Å². The molecule has 5 nitrogen and oxygen atoms in total. The van der Waals surface area contributed by atoms with Crippen LogP contribution in [0.5, 0.6) is 0 Å². The van der Waals surface area contributed by atoms with Crippen molar-refractivity contribution in [1.29, 1.82) is 0 Å². The third kappa shape index (κ3) is 4.40. The fourth-order valence-electron chi connectivity index (χ4n) is 2.64. The fraction of sp³-hybridized carbons (Fsp3) is 0.158. The highest BCUT2D eigenvalue weighted by Gasteiger charge is 2.18.